The Morgan fingerprint density at radius 2 is 1.94 bits per heavy atom. The summed E-state index contributed by atoms with van der Waals surface area (Å²) < 4.78 is 0. The van der Waals surface area contributed by atoms with E-state index >= 15 is 0 Å². The van der Waals surface area contributed by atoms with E-state index in [0.29, 0.717) is 17.1 Å². The Morgan fingerprint density at radius 3 is 2.56 bits per heavy atom. The van der Waals surface area contributed by atoms with E-state index in [9.17, 15) is 4.79 Å². The van der Waals surface area contributed by atoms with Crippen LogP contribution in [0.1, 0.15) is 52.9 Å². The third-order valence-corrected chi connectivity index (χ3v) is 4.91. The summed E-state index contributed by atoms with van der Waals surface area (Å²) in [6, 6.07) is 0. The molecule has 1 unspecified atom stereocenters. The van der Waals surface area contributed by atoms with Crippen molar-refractivity contribution in [3.63, 3.8) is 0 Å². The molecule has 0 radical (unpaired) electrons. The molecule has 0 spiro atoms. The van der Waals surface area contributed by atoms with Crippen LogP contribution in [-0.2, 0) is 4.79 Å². The maximum absolute atomic E-state index is 11.8. The molecule has 0 aromatic carbocycles. The fourth-order valence-electron chi connectivity index (χ4n) is 3.57. The van der Waals surface area contributed by atoms with Crippen LogP contribution in [0.5, 0.6) is 0 Å². The van der Waals surface area contributed by atoms with Crippen LogP contribution < -0.4 is 0 Å². The molecule has 0 aromatic heterocycles. The summed E-state index contributed by atoms with van der Waals surface area (Å²) in [7, 11) is 0. The lowest BCUT2D eigenvalue weighted by molar-refractivity contribution is -0.122. The number of Topliss-reactive ketones (excluding diaryl/α,β-unsaturated/α-hetero) is 1. The summed E-state index contributed by atoms with van der Waals surface area (Å²) in [6.07, 6.45) is 5.23. The van der Waals surface area contributed by atoms with Crippen molar-refractivity contribution in [2.24, 2.45) is 23.2 Å². The number of carbonyl (C=O) groups is 1. The van der Waals surface area contributed by atoms with E-state index in [1.165, 1.54) is 18.4 Å². The number of fused-ring (bicyclic) bond motifs is 1. The van der Waals surface area contributed by atoms with E-state index < -0.39 is 0 Å². The van der Waals surface area contributed by atoms with Gasteiger partial charge in [0, 0.05) is 12.3 Å². The van der Waals surface area contributed by atoms with Crippen molar-refractivity contribution in [2.75, 3.05) is 0 Å². The van der Waals surface area contributed by atoms with Gasteiger partial charge < -0.3 is 0 Å². The van der Waals surface area contributed by atoms with Crippen LogP contribution in [0.4, 0.5) is 0 Å². The molecule has 2 saturated carbocycles. The summed E-state index contributed by atoms with van der Waals surface area (Å²) in [5, 5.41) is 0. The Morgan fingerprint density at radius 1 is 1.25 bits per heavy atom. The van der Waals surface area contributed by atoms with Gasteiger partial charge in [0.15, 0.2) is 0 Å². The van der Waals surface area contributed by atoms with Crippen molar-refractivity contribution in [3.8, 4) is 0 Å². The third-order valence-electron chi connectivity index (χ3n) is 4.91. The average Bonchev–Trinajstić information content (AvgIpc) is 2.24. The molecule has 1 nitrogen and oxygen atoms in total. The summed E-state index contributed by atoms with van der Waals surface area (Å²) in [5.41, 5.74) is 1.81. The molecule has 0 heterocycles. The Kier molecular flexibility index (Phi) is 2.98. The molecule has 2 aliphatic rings. The molecular weight excluding hydrogens is 196 g/mol. The van der Waals surface area contributed by atoms with E-state index in [4.69, 9.17) is 0 Å². The quantitative estimate of drug-likeness (QED) is 0.564. The highest BCUT2D eigenvalue weighted by Crippen LogP contribution is 2.56. The maximum Gasteiger partial charge on any atom is 0.136 e. The monoisotopic (exact) mass is 220 g/mol. The number of carbonyl (C=O) groups excluding carboxylic acids is 1. The van der Waals surface area contributed by atoms with Crippen LogP contribution >= 0.6 is 0 Å². The highest BCUT2D eigenvalue weighted by Gasteiger charge is 2.47. The molecule has 0 aliphatic heterocycles. The van der Waals surface area contributed by atoms with Gasteiger partial charge in [-0.1, -0.05) is 32.9 Å². The van der Waals surface area contributed by atoms with E-state index in [-0.39, 0.29) is 5.92 Å². The number of allylic oxidation sites excluding steroid dienone is 1. The fraction of sp³-hybridized carbons (Fsp3) is 0.800. The number of ketones is 1. The van der Waals surface area contributed by atoms with Gasteiger partial charge in [-0.15, -0.1) is 0 Å². The molecule has 2 fully saturated rings. The standard InChI is InChI=1S/C15H24O/c1-10-6-8-14(16)11(2)5-7-13-12(10)9-15(13,3)4/h11-13H,1,5-9H2,2-4H3/t11?,12-,13-/m1/s1. The summed E-state index contributed by atoms with van der Waals surface area (Å²) in [6.45, 7) is 11.0. The van der Waals surface area contributed by atoms with Gasteiger partial charge in [0.2, 0.25) is 0 Å². The van der Waals surface area contributed by atoms with Crippen LogP contribution in [-0.4, -0.2) is 5.78 Å². The summed E-state index contributed by atoms with van der Waals surface area (Å²) in [5.74, 6) is 2.18. The topological polar surface area (TPSA) is 17.1 Å². The minimum atomic E-state index is 0.267. The molecule has 16 heavy (non-hydrogen) atoms. The van der Waals surface area contributed by atoms with Gasteiger partial charge in [0.05, 0.1) is 0 Å². The molecule has 0 aromatic rings. The first kappa shape index (κ1) is 11.9. The molecule has 90 valence electrons. The van der Waals surface area contributed by atoms with Crippen molar-refractivity contribution < 1.29 is 4.79 Å². The maximum atomic E-state index is 11.8. The van der Waals surface area contributed by atoms with Crippen molar-refractivity contribution in [1.29, 1.82) is 0 Å². The van der Waals surface area contributed by atoms with Gasteiger partial charge >= 0.3 is 0 Å². The molecule has 0 saturated heterocycles. The Hall–Kier alpha value is -0.590. The van der Waals surface area contributed by atoms with Crippen molar-refractivity contribution >= 4 is 5.78 Å². The van der Waals surface area contributed by atoms with Gasteiger partial charge in [0.25, 0.3) is 0 Å². The molecular formula is C15H24O. The third kappa shape index (κ3) is 1.97. The van der Waals surface area contributed by atoms with Crippen molar-refractivity contribution in [1.82, 2.24) is 0 Å². The average molecular weight is 220 g/mol. The number of hydrogen-bond acceptors (Lipinski definition) is 1. The lowest BCUT2D eigenvalue weighted by Crippen LogP contribution is -2.44. The SMILES string of the molecule is C=C1CCC(=O)C(C)CC[C@@H]2[C@@H]1CC2(C)C. The zero-order valence-corrected chi connectivity index (χ0v) is 10.9. The molecule has 2 aliphatic carbocycles. The molecule has 1 heteroatoms. The molecule has 0 bridgehead atoms. The van der Waals surface area contributed by atoms with Crippen LogP contribution in [0.3, 0.4) is 0 Å². The van der Waals surface area contributed by atoms with Crippen molar-refractivity contribution in [2.45, 2.75) is 52.9 Å². The zero-order chi connectivity index (χ0) is 11.9. The molecule has 0 amide bonds. The smallest absolute Gasteiger partial charge is 0.136 e. The fourth-order valence-corrected chi connectivity index (χ4v) is 3.57. The van der Waals surface area contributed by atoms with Gasteiger partial charge in [-0.3, -0.25) is 4.79 Å². The molecule has 3 atom stereocenters. The Labute approximate surface area is 99.3 Å². The largest absolute Gasteiger partial charge is 0.299 e. The van der Waals surface area contributed by atoms with E-state index in [2.05, 4.69) is 27.4 Å². The zero-order valence-electron chi connectivity index (χ0n) is 10.9. The summed E-state index contributed by atoms with van der Waals surface area (Å²) in [4.78, 5) is 11.8. The van der Waals surface area contributed by atoms with E-state index in [1.54, 1.807) is 0 Å². The second kappa shape index (κ2) is 4.01. The first-order valence-electron chi connectivity index (χ1n) is 6.62. The van der Waals surface area contributed by atoms with Gasteiger partial charge in [0.1, 0.15) is 5.78 Å². The first-order chi connectivity index (χ1) is 7.42. The highest BCUT2D eigenvalue weighted by molar-refractivity contribution is 5.80. The Bertz CT molecular complexity index is 313. The Balaban J connectivity index is 2.12. The second-order valence-corrected chi connectivity index (χ2v) is 6.51. The molecule has 0 N–H and O–H groups in total. The highest BCUT2D eigenvalue weighted by atomic mass is 16.1. The van der Waals surface area contributed by atoms with E-state index in [1.807, 2.05) is 0 Å². The lowest BCUT2D eigenvalue weighted by Gasteiger charge is -2.53. The number of hydrogen-bond donors (Lipinski definition) is 0. The first-order valence-corrected chi connectivity index (χ1v) is 6.62. The van der Waals surface area contributed by atoms with Crippen LogP contribution in [0.25, 0.3) is 0 Å². The van der Waals surface area contributed by atoms with Gasteiger partial charge in [-0.2, -0.15) is 0 Å². The second-order valence-electron chi connectivity index (χ2n) is 6.51. The number of rotatable bonds is 0. The van der Waals surface area contributed by atoms with Crippen LogP contribution in [0, 0.1) is 23.2 Å². The van der Waals surface area contributed by atoms with E-state index in [0.717, 1.165) is 25.2 Å². The van der Waals surface area contributed by atoms with Gasteiger partial charge in [-0.25, -0.2) is 0 Å². The minimum absolute atomic E-state index is 0.267. The van der Waals surface area contributed by atoms with Gasteiger partial charge in [-0.05, 0) is 42.9 Å². The normalized spacial score (nSPS) is 39.1. The van der Waals surface area contributed by atoms with Crippen molar-refractivity contribution in [3.05, 3.63) is 12.2 Å². The lowest BCUT2D eigenvalue weighted by atomic mass is 9.52. The predicted molar refractivity (Wildman–Crippen MR) is 67.2 cm³/mol. The van der Waals surface area contributed by atoms with Crippen LogP contribution in [0.2, 0.25) is 0 Å². The summed E-state index contributed by atoms with van der Waals surface area (Å²) >= 11 is 0. The predicted octanol–water partition coefficient (Wildman–Crippen LogP) is 3.98. The minimum Gasteiger partial charge on any atom is -0.299 e. The van der Waals surface area contributed by atoms with Crippen LogP contribution in [0.15, 0.2) is 12.2 Å². The molecule has 2 rings (SSSR count).